The number of hydrogen-bond donors (Lipinski definition) is 2. The third kappa shape index (κ3) is 5.33. The van der Waals surface area contributed by atoms with Crippen molar-refractivity contribution >= 4 is 11.6 Å². The Bertz CT molecular complexity index is 407. The van der Waals surface area contributed by atoms with Crippen LogP contribution in [0.3, 0.4) is 0 Å². The van der Waals surface area contributed by atoms with Gasteiger partial charge in [-0.15, -0.1) is 0 Å². The lowest BCUT2D eigenvalue weighted by Crippen LogP contribution is -2.26. The van der Waals surface area contributed by atoms with Crippen LogP contribution in [-0.2, 0) is 10.2 Å². The van der Waals surface area contributed by atoms with Crippen LogP contribution in [-0.4, -0.2) is 19.0 Å². The van der Waals surface area contributed by atoms with E-state index in [1.54, 1.807) is 0 Å². The van der Waals surface area contributed by atoms with Gasteiger partial charge in [0.15, 0.2) is 0 Å². The number of anilines is 1. The maximum atomic E-state index is 11.5. The highest BCUT2D eigenvalue weighted by Gasteiger charge is 2.17. The minimum Gasteiger partial charge on any atom is -0.384 e. The van der Waals surface area contributed by atoms with Crippen molar-refractivity contribution in [1.82, 2.24) is 5.32 Å². The number of benzene rings is 1. The Morgan fingerprint density at radius 1 is 1.16 bits per heavy atom. The van der Waals surface area contributed by atoms with Gasteiger partial charge in [-0.05, 0) is 23.5 Å². The molecule has 0 aliphatic heterocycles. The van der Waals surface area contributed by atoms with E-state index in [1.807, 2.05) is 6.07 Å². The van der Waals surface area contributed by atoms with Gasteiger partial charge in [-0.2, -0.15) is 0 Å². The normalized spacial score (nSPS) is 11.2. The minimum atomic E-state index is 0.105. The fourth-order valence-corrected chi connectivity index (χ4v) is 1.95. The molecule has 3 nitrogen and oxygen atoms in total. The highest BCUT2D eigenvalue weighted by atomic mass is 16.1. The zero-order valence-electron chi connectivity index (χ0n) is 12.5. The summed E-state index contributed by atoms with van der Waals surface area (Å²) in [6, 6.07) is 8.29. The molecule has 1 rings (SSSR count). The fraction of sp³-hybridized carbons (Fsp3) is 0.562. The topological polar surface area (TPSA) is 41.1 Å². The van der Waals surface area contributed by atoms with E-state index >= 15 is 0 Å². The lowest BCUT2D eigenvalue weighted by molar-refractivity contribution is -0.120. The summed E-state index contributed by atoms with van der Waals surface area (Å²) < 4.78 is 0. The molecule has 0 aromatic heterocycles. The summed E-state index contributed by atoms with van der Waals surface area (Å²) in [7, 11) is 0. The van der Waals surface area contributed by atoms with Crippen molar-refractivity contribution < 1.29 is 4.79 Å². The van der Waals surface area contributed by atoms with E-state index in [0.717, 1.165) is 18.7 Å². The SMILES string of the molecule is CCCNC(=O)CCNc1ccccc1C(C)(C)C. The molecule has 0 spiro atoms. The number of nitrogens with one attached hydrogen (secondary N) is 2. The van der Waals surface area contributed by atoms with Gasteiger partial charge in [-0.25, -0.2) is 0 Å². The molecule has 0 atom stereocenters. The second-order valence-electron chi connectivity index (χ2n) is 5.82. The molecular formula is C16H26N2O. The largest absolute Gasteiger partial charge is 0.384 e. The van der Waals surface area contributed by atoms with Crippen molar-refractivity contribution in [3.05, 3.63) is 29.8 Å². The first-order valence-electron chi connectivity index (χ1n) is 7.05. The van der Waals surface area contributed by atoms with Crippen molar-refractivity contribution in [2.75, 3.05) is 18.4 Å². The summed E-state index contributed by atoms with van der Waals surface area (Å²) in [6.07, 6.45) is 1.49. The molecule has 1 amide bonds. The molecule has 0 heterocycles. The van der Waals surface area contributed by atoms with Crippen LogP contribution < -0.4 is 10.6 Å². The molecule has 0 radical (unpaired) electrons. The first kappa shape index (κ1) is 15.5. The monoisotopic (exact) mass is 262 g/mol. The number of hydrogen-bond acceptors (Lipinski definition) is 2. The Labute approximate surface area is 116 Å². The molecule has 2 N–H and O–H groups in total. The van der Waals surface area contributed by atoms with Crippen molar-refractivity contribution in [3.8, 4) is 0 Å². The standard InChI is InChI=1S/C16H26N2O/c1-5-11-18-15(19)10-12-17-14-9-7-6-8-13(14)16(2,3)4/h6-9,17H,5,10-12H2,1-4H3,(H,18,19). The Hall–Kier alpha value is -1.51. The highest BCUT2D eigenvalue weighted by Crippen LogP contribution is 2.28. The van der Waals surface area contributed by atoms with Gasteiger partial charge in [-0.1, -0.05) is 45.9 Å². The molecule has 0 saturated heterocycles. The molecule has 106 valence electrons. The molecule has 0 bridgehead atoms. The predicted molar refractivity (Wildman–Crippen MR) is 81.5 cm³/mol. The summed E-state index contributed by atoms with van der Waals surface area (Å²) in [5.41, 5.74) is 2.51. The van der Waals surface area contributed by atoms with Crippen molar-refractivity contribution in [2.45, 2.75) is 46.0 Å². The van der Waals surface area contributed by atoms with E-state index in [9.17, 15) is 4.79 Å². The van der Waals surface area contributed by atoms with E-state index in [4.69, 9.17) is 0 Å². The molecule has 0 aliphatic rings. The summed E-state index contributed by atoms with van der Waals surface area (Å²) in [4.78, 5) is 11.5. The van der Waals surface area contributed by atoms with Crippen LogP contribution in [0.2, 0.25) is 0 Å². The maximum Gasteiger partial charge on any atom is 0.221 e. The summed E-state index contributed by atoms with van der Waals surface area (Å²) in [5.74, 6) is 0.114. The van der Waals surface area contributed by atoms with E-state index < -0.39 is 0 Å². The van der Waals surface area contributed by atoms with Crippen LogP contribution in [0.5, 0.6) is 0 Å². The molecule has 0 unspecified atom stereocenters. The number of carbonyl (C=O) groups excluding carboxylic acids is 1. The van der Waals surface area contributed by atoms with Crippen LogP contribution in [0.15, 0.2) is 24.3 Å². The molecule has 0 saturated carbocycles. The van der Waals surface area contributed by atoms with E-state index in [2.05, 4.69) is 56.5 Å². The summed E-state index contributed by atoms with van der Waals surface area (Å²) in [6.45, 7) is 10.1. The number of amides is 1. The third-order valence-corrected chi connectivity index (χ3v) is 2.97. The molecule has 1 aromatic rings. The minimum absolute atomic E-state index is 0.105. The quantitative estimate of drug-likeness (QED) is 0.826. The fourth-order valence-electron chi connectivity index (χ4n) is 1.95. The summed E-state index contributed by atoms with van der Waals surface area (Å²) in [5, 5.41) is 6.25. The first-order chi connectivity index (χ1) is 8.95. The van der Waals surface area contributed by atoms with Crippen LogP contribution in [0, 0.1) is 0 Å². The van der Waals surface area contributed by atoms with Crippen molar-refractivity contribution in [2.24, 2.45) is 0 Å². The van der Waals surface area contributed by atoms with Gasteiger partial charge in [0.2, 0.25) is 5.91 Å². The Kier molecular flexibility index (Phi) is 5.87. The number of para-hydroxylation sites is 1. The molecule has 1 aromatic carbocycles. The van der Waals surface area contributed by atoms with Gasteiger partial charge in [-0.3, -0.25) is 4.79 Å². The van der Waals surface area contributed by atoms with Gasteiger partial charge >= 0.3 is 0 Å². The molecule has 0 fully saturated rings. The van der Waals surface area contributed by atoms with Crippen molar-refractivity contribution in [1.29, 1.82) is 0 Å². The average molecular weight is 262 g/mol. The van der Waals surface area contributed by atoms with Gasteiger partial charge in [0.25, 0.3) is 0 Å². The molecule has 19 heavy (non-hydrogen) atoms. The zero-order valence-corrected chi connectivity index (χ0v) is 12.5. The first-order valence-corrected chi connectivity index (χ1v) is 7.05. The van der Waals surface area contributed by atoms with E-state index in [1.165, 1.54) is 5.56 Å². The van der Waals surface area contributed by atoms with Gasteiger partial charge in [0.05, 0.1) is 0 Å². The number of rotatable bonds is 6. The lowest BCUT2D eigenvalue weighted by atomic mass is 9.86. The maximum absolute atomic E-state index is 11.5. The molecule has 0 aliphatic carbocycles. The smallest absolute Gasteiger partial charge is 0.221 e. The highest BCUT2D eigenvalue weighted by molar-refractivity contribution is 5.76. The van der Waals surface area contributed by atoms with Crippen LogP contribution in [0.4, 0.5) is 5.69 Å². The van der Waals surface area contributed by atoms with Crippen LogP contribution in [0.25, 0.3) is 0 Å². The Morgan fingerprint density at radius 3 is 2.47 bits per heavy atom. The lowest BCUT2D eigenvalue weighted by Gasteiger charge is -2.23. The zero-order chi connectivity index (χ0) is 14.3. The molecule has 3 heteroatoms. The van der Waals surface area contributed by atoms with Crippen LogP contribution in [0.1, 0.15) is 46.1 Å². The predicted octanol–water partition coefficient (Wildman–Crippen LogP) is 3.31. The van der Waals surface area contributed by atoms with Crippen LogP contribution >= 0.6 is 0 Å². The second kappa shape index (κ2) is 7.17. The summed E-state index contributed by atoms with van der Waals surface area (Å²) >= 11 is 0. The Balaban J connectivity index is 2.52. The Morgan fingerprint density at radius 2 is 1.84 bits per heavy atom. The van der Waals surface area contributed by atoms with E-state index in [-0.39, 0.29) is 11.3 Å². The number of carbonyl (C=O) groups is 1. The van der Waals surface area contributed by atoms with E-state index in [0.29, 0.717) is 13.0 Å². The molecular weight excluding hydrogens is 236 g/mol. The third-order valence-electron chi connectivity index (χ3n) is 2.97. The average Bonchev–Trinajstić information content (AvgIpc) is 2.35. The second-order valence-corrected chi connectivity index (χ2v) is 5.82. The van der Waals surface area contributed by atoms with Crippen molar-refractivity contribution in [3.63, 3.8) is 0 Å². The van der Waals surface area contributed by atoms with Gasteiger partial charge in [0.1, 0.15) is 0 Å². The van der Waals surface area contributed by atoms with Gasteiger partial charge in [0, 0.05) is 25.2 Å². The van der Waals surface area contributed by atoms with Gasteiger partial charge < -0.3 is 10.6 Å².